The molecule has 0 aliphatic heterocycles. The molecule has 5 heteroatoms. The molecule has 0 unspecified atom stereocenters. The van der Waals surface area contributed by atoms with Crippen LogP contribution in [0, 0.1) is 0 Å². The molecule has 1 aromatic carbocycles. The van der Waals surface area contributed by atoms with Crippen LogP contribution in [0.4, 0.5) is 11.4 Å². The molecule has 4 N–H and O–H groups in total. The summed E-state index contributed by atoms with van der Waals surface area (Å²) in [6.07, 6.45) is 2.29. The zero-order valence-electron chi connectivity index (χ0n) is 9.08. The summed E-state index contributed by atoms with van der Waals surface area (Å²) in [6, 6.07) is 3.57. The Kier molecular flexibility index (Phi) is 2.76. The number of H-pyrrole nitrogens is 1. The summed E-state index contributed by atoms with van der Waals surface area (Å²) >= 11 is 0. The average molecular weight is 218 g/mol. The summed E-state index contributed by atoms with van der Waals surface area (Å²) in [5.74, 6) is 0. The van der Waals surface area contributed by atoms with Gasteiger partial charge in [-0.1, -0.05) is 6.92 Å². The van der Waals surface area contributed by atoms with Crippen LogP contribution in [0.2, 0.25) is 0 Å². The van der Waals surface area contributed by atoms with E-state index in [4.69, 9.17) is 5.73 Å². The van der Waals surface area contributed by atoms with Gasteiger partial charge in [0, 0.05) is 6.54 Å². The molecule has 0 saturated heterocycles. The second kappa shape index (κ2) is 4.22. The van der Waals surface area contributed by atoms with Crippen LogP contribution in [0.1, 0.15) is 13.3 Å². The number of anilines is 2. The number of rotatable bonds is 3. The summed E-state index contributed by atoms with van der Waals surface area (Å²) in [7, 11) is 0. The first kappa shape index (κ1) is 10.5. The van der Waals surface area contributed by atoms with E-state index in [0.717, 1.165) is 24.2 Å². The SMILES string of the molecule is CCCNc1cc2ncc(=O)[nH]c2cc1N. The molecular weight excluding hydrogens is 204 g/mol. The van der Waals surface area contributed by atoms with E-state index in [1.54, 1.807) is 6.07 Å². The van der Waals surface area contributed by atoms with Gasteiger partial charge in [0.25, 0.3) is 5.56 Å². The van der Waals surface area contributed by atoms with Crippen molar-refractivity contribution in [2.75, 3.05) is 17.6 Å². The van der Waals surface area contributed by atoms with Crippen molar-refractivity contribution in [2.45, 2.75) is 13.3 Å². The Morgan fingerprint density at radius 3 is 3.06 bits per heavy atom. The van der Waals surface area contributed by atoms with E-state index in [2.05, 4.69) is 22.2 Å². The van der Waals surface area contributed by atoms with Crippen LogP contribution in [0.3, 0.4) is 0 Å². The molecule has 84 valence electrons. The first-order valence-corrected chi connectivity index (χ1v) is 5.23. The van der Waals surface area contributed by atoms with Crippen molar-refractivity contribution in [3.63, 3.8) is 0 Å². The van der Waals surface area contributed by atoms with Crippen LogP contribution in [0.25, 0.3) is 11.0 Å². The lowest BCUT2D eigenvalue weighted by Gasteiger charge is -2.09. The normalized spacial score (nSPS) is 10.6. The first-order chi connectivity index (χ1) is 7.70. The van der Waals surface area contributed by atoms with Gasteiger partial charge in [-0.05, 0) is 18.6 Å². The Morgan fingerprint density at radius 2 is 2.31 bits per heavy atom. The summed E-state index contributed by atoms with van der Waals surface area (Å²) in [5.41, 5.74) is 8.50. The zero-order chi connectivity index (χ0) is 11.5. The lowest BCUT2D eigenvalue weighted by Crippen LogP contribution is -2.07. The average Bonchev–Trinajstić information content (AvgIpc) is 2.26. The minimum atomic E-state index is -0.221. The van der Waals surface area contributed by atoms with Gasteiger partial charge in [0.1, 0.15) is 0 Å². The molecule has 0 spiro atoms. The lowest BCUT2D eigenvalue weighted by molar-refractivity contribution is 0.980. The molecule has 2 aromatic rings. The van der Waals surface area contributed by atoms with E-state index in [9.17, 15) is 4.79 Å². The predicted molar refractivity (Wildman–Crippen MR) is 65.6 cm³/mol. The fourth-order valence-electron chi connectivity index (χ4n) is 1.52. The van der Waals surface area contributed by atoms with Crippen LogP contribution in [0.15, 0.2) is 23.1 Å². The van der Waals surface area contributed by atoms with Crippen LogP contribution in [-0.2, 0) is 0 Å². The maximum Gasteiger partial charge on any atom is 0.266 e. The number of hydrogen-bond donors (Lipinski definition) is 3. The van der Waals surface area contributed by atoms with Gasteiger partial charge in [-0.3, -0.25) is 4.79 Å². The van der Waals surface area contributed by atoms with Crippen LogP contribution in [0.5, 0.6) is 0 Å². The minimum absolute atomic E-state index is 0.221. The maximum atomic E-state index is 11.1. The van der Waals surface area contributed by atoms with Crippen molar-refractivity contribution < 1.29 is 0 Å². The fourth-order valence-corrected chi connectivity index (χ4v) is 1.52. The Labute approximate surface area is 92.7 Å². The monoisotopic (exact) mass is 218 g/mol. The molecule has 1 aromatic heterocycles. The van der Waals surface area contributed by atoms with Gasteiger partial charge in [0.15, 0.2) is 0 Å². The second-order valence-corrected chi connectivity index (χ2v) is 3.63. The second-order valence-electron chi connectivity index (χ2n) is 3.63. The maximum absolute atomic E-state index is 11.1. The summed E-state index contributed by atoms with van der Waals surface area (Å²) in [6.45, 7) is 2.94. The number of hydrogen-bond acceptors (Lipinski definition) is 4. The van der Waals surface area contributed by atoms with E-state index in [1.807, 2.05) is 6.07 Å². The molecule has 0 aliphatic rings. The molecule has 1 heterocycles. The van der Waals surface area contributed by atoms with Crippen molar-refractivity contribution >= 4 is 22.4 Å². The molecule has 0 fully saturated rings. The third-order valence-electron chi connectivity index (χ3n) is 2.31. The Morgan fingerprint density at radius 1 is 1.50 bits per heavy atom. The Hall–Kier alpha value is -2.04. The molecule has 5 nitrogen and oxygen atoms in total. The van der Waals surface area contributed by atoms with E-state index >= 15 is 0 Å². The highest BCUT2D eigenvalue weighted by Gasteiger charge is 2.03. The Balaban J connectivity index is 2.49. The van der Waals surface area contributed by atoms with Crippen molar-refractivity contribution in [3.8, 4) is 0 Å². The predicted octanol–water partition coefficient (Wildman–Crippen LogP) is 1.33. The van der Waals surface area contributed by atoms with Gasteiger partial charge in [-0.2, -0.15) is 0 Å². The van der Waals surface area contributed by atoms with E-state index in [1.165, 1.54) is 6.20 Å². The largest absolute Gasteiger partial charge is 0.397 e. The van der Waals surface area contributed by atoms with Gasteiger partial charge < -0.3 is 16.0 Å². The molecule has 0 amide bonds. The van der Waals surface area contributed by atoms with Crippen LogP contribution in [-0.4, -0.2) is 16.5 Å². The van der Waals surface area contributed by atoms with Crippen molar-refractivity contribution in [1.29, 1.82) is 0 Å². The van der Waals surface area contributed by atoms with Crippen molar-refractivity contribution in [1.82, 2.24) is 9.97 Å². The molecule has 0 bridgehead atoms. The van der Waals surface area contributed by atoms with Gasteiger partial charge in [0.05, 0.1) is 28.6 Å². The highest BCUT2D eigenvalue weighted by molar-refractivity contribution is 5.85. The standard InChI is InChI=1S/C11H14N4O/c1-2-3-13-8-5-9-10(4-7(8)12)15-11(16)6-14-9/h4-6,13H,2-3,12H2,1H3,(H,15,16). The molecule has 0 atom stereocenters. The van der Waals surface area contributed by atoms with Crippen LogP contribution < -0.4 is 16.6 Å². The highest BCUT2D eigenvalue weighted by atomic mass is 16.1. The van der Waals surface area contributed by atoms with E-state index in [-0.39, 0.29) is 5.56 Å². The first-order valence-electron chi connectivity index (χ1n) is 5.23. The van der Waals surface area contributed by atoms with E-state index in [0.29, 0.717) is 11.2 Å². The minimum Gasteiger partial charge on any atom is -0.397 e. The third-order valence-corrected chi connectivity index (χ3v) is 2.31. The van der Waals surface area contributed by atoms with Crippen molar-refractivity contribution in [2.24, 2.45) is 0 Å². The smallest absolute Gasteiger partial charge is 0.266 e. The summed E-state index contributed by atoms with van der Waals surface area (Å²) in [4.78, 5) is 17.8. The number of fused-ring (bicyclic) bond motifs is 1. The zero-order valence-corrected chi connectivity index (χ0v) is 9.08. The molecule has 16 heavy (non-hydrogen) atoms. The quantitative estimate of drug-likeness (QED) is 0.678. The molecule has 2 rings (SSSR count). The topological polar surface area (TPSA) is 83.8 Å². The summed E-state index contributed by atoms with van der Waals surface area (Å²) < 4.78 is 0. The number of aromatic amines is 1. The summed E-state index contributed by atoms with van der Waals surface area (Å²) in [5, 5.41) is 3.21. The molecule has 0 radical (unpaired) electrons. The number of nitrogen functional groups attached to an aromatic ring is 1. The molecule has 0 aliphatic carbocycles. The van der Waals surface area contributed by atoms with E-state index < -0.39 is 0 Å². The number of aromatic nitrogens is 2. The molecular formula is C11H14N4O. The lowest BCUT2D eigenvalue weighted by atomic mass is 10.2. The van der Waals surface area contributed by atoms with Crippen molar-refractivity contribution in [3.05, 3.63) is 28.7 Å². The van der Waals surface area contributed by atoms with Gasteiger partial charge in [-0.25, -0.2) is 4.98 Å². The van der Waals surface area contributed by atoms with Crippen LogP contribution >= 0.6 is 0 Å². The number of benzene rings is 1. The van der Waals surface area contributed by atoms with Gasteiger partial charge >= 0.3 is 0 Å². The number of nitrogens with two attached hydrogens (primary N) is 1. The highest BCUT2D eigenvalue weighted by Crippen LogP contribution is 2.22. The van der Waals surface area contributed by atoms with Gasteiger partial charge in [0.2, 0.25) is 0 Å². The molecule has 0 saturated carbocycles. The third kappa shape index (κ3) is 1.98. The Bertz CT molecular complexity index is 561. The number of nitrogens with zero attached hydrogens (tertiary/aromatic N) is 1. The number of nitrogens with one attached hydrogen (secondary N) is 2. The fraction of sp³-hybridized carbons (Fsp3) is 0.273. The van der Waals surface area contributed by atoms with Gasteiger partial charge in [-0.15, -0.1) is 0 Å².